The van der Waals surface area contributed by atoms with E-state index in [1.165, 1.54) is 19.2 Å². The zero-order chi connectivity index (χ0) is 17.2. The summed E-state index contributed by atoms with van der Waals surface area (Å²) in [6, 6.07) is 4.39. The number of nitro groups is 1. The molecule has 0 saturated carbocycles. The van der Waals surface area contributed by atoms with Crippen LogP contribution in [-0.2, 0) is 10.0 Å². The molecule has 128 valence electrons. The van der Waals surface area contributed by atoms with Crippen LogP contribution in [0.2, 0.25) is 0 Å². The van der Waals surface area contributed by atoms with Crippen LogP contribution >= 0.6 is 0 Å². The Balaban J connectivity index is 2.41. The average Bonchev–Trinajstić information content (AvgIpc) is 2.54. The molecule has 1 unspecified atom stereocenters. The van der Waals surface area contributed by atoms with Crippen molar-refractivity contribution in [2.75, 3.05) is 39.1 Å². The maximum absolute atomic E-state index is 11.9. The van der Waals surface area contributed by atoms with E-state index in [4.69, 9.17) is 0 Å². The summed E-state index contributed by atoms with van der Waals surface area (Å²) in [5.74, 6) is 0. The van der Waals surface area contributed by atoms with Gasteiger partial charge < -0.3 is 9.80 Å². The molecule has 0 spiro atoms. The van der Waals surface area contributed by atoms with Crippen molar-refractivity contribution in [2.24, 2.45) is 0 Å². The van der Waals surface area contributed by atoms with Crippen LogP contribution in [0, 0.1) is 10.1 Å². The largest absolute Gasteiger partial charge is 0.364 e. The van der Waals surface area contributed by atoms with Gasteiger partial charge in [0.05, 0.1) is 9.82 Å². The van der Waals surface area contributed by atoms with Gasteiger partial charge in [0.25, 0.3) is 5.69 Å². The number of anilines is 1. The predicted molar refractivity (Wildman–Crippen MR) is 88.3 cm³/mol. The number of sulfonamides is 1. The first kappa shape index (κ1) is 17.6. The molecule has 1 atom stereocenters. The minimum atomic E-state index is -3.71. The lowest BCUT2D eigenvalue weighted by Gasteiger charge is -2.37. The fourth-order valence-electron chi connectivity index (χ4n) is 2.80. The highest BCUT2D eigenvalue weighted by Gasteiger charge is 2.28. The maximum Gasteiger partial charge on any atom is 0.293 e. The standard InChI is InChI=1S/C14H22N4O4S/c1-15-23(21,22)12-6-7-13(14(9-12)18(19)20)17-8-4-5-11(10-17)16(2)3/h6-7,9,11,15H,4-5,8,10H2,1-3H3. The molecule has 1 aliphatic heterocycles. The zero-order valence-electron chi connectivity index (χ0n) is 13.5. The molecular weight excluding hydrogens is 320 g/mol. The topological polar surface area (TPSA) is 95.8 Å². The van der Waals surface area contributed by atoms with Gasteiger partial charge in [0.15, 0.2) is 0 Å². The molecule has 23 heavy (non-hydrogen) atoms. The summed E-state index contributed by atoms with van der Waals surface area (Å²) in [5.41, 5.74) is 0.289. The summed E-state index contributed by atoms with van der Waals surface area (Å²) >= 11 is 0. The predicted octanol–water partition coefficient (Wildman–Crippen LogP) is 1.03. The number of hydrogen-bond acceptors (Lipinski definition) is 6. The lowest BCUT2D eigenvalue weighted by molar-refractivity contribution is -0.384. The van der Waals surface area contributed by atoms with Crippen molar-refractivity contribution in [1.82, 2.24) is 9.62 Å². The van der Waals surface area contributed by atoms with Crippen molar-refractivity contribution in [2.45, 2.75) is 23.8 Å². The highest BCUT2D eigenvalue weighted by molar-refractivity contribution is 7.89. The number of nitrogens with zero attached hydrogens (tertiary/aromatic N) is 3. The van der Waals surface area contributed by atoms with Crippen LogP contribution < -0.4 is 9.62 Å². The van der Waals surface area contributed by atoms with Crippen molar-refractivity contribution in [3.8, 4) is 0 Å². The molecule has 1 saturated heterocycles. The Morgan fingerprint density at radius 1 is 1.39 bits per heavy atom. The van der Waals surface area contributed by atoms with E-state index in [0.717, 1.165) is 25.5 Å². The van der Waals surface area contributed by atoms with Gasteiger partial charge in [0, 0.05) is 25.2 Å². The first-order valence-corrected chi connectivity index (χ1v) is 8.88. The molecule has 8 nitrogen and oxygen atoms in total. The van der Waals surface area contributed by atoms with Crippen molar-refractivity contribution in [3.05, 3.63) is 28.3 Å². The minimum Gasteiger partial charge on any atom is -0.364 e. The molecule has 0 aliphatic carbocycles. The van der Waals surface area contributed by atoms with Crippen molar-refractivity contribution >= 4 is 21.4 Å². The molecule has 0 bridgehead atoms. The van der Waals surface area contributed by atoms with E-state index in [1.807, 2.05) is 19.0 Å². The van der Waals surface area contributed by atoms with E-state index in [9.17, 15) is 18.5 Å². The molecule has 1 aromatic rings. The van der Waals surface area contributed by atoms with Crippen LogP contribution in [0.15, 0.2) is 23.1 Å². The lowest BCUT2D eigenvalue weighted by atomic mass is 10.0. The fourth-order valence-corrected chi connectivity index (χ4v) is 3.55. The van der Waals surface area contributed by atoms with Crippen molar-refractivity contribution < 1.29 is 13.3 Å². The summed E-state index contributed by atoms with van der Waals surface area (Å²) in [6.07, 6.45) is 1.99. The number of benzene rings is 1. The van der Waals surface area contributed by atoms with Crippen LogP contribution in [0.1, 0.15) is 12.8 Å². The van der Waals surface area contributed by atoms with E-state index in [0.29, 0.717) is 18.3 Å². The number of rotatable bonds is 5. The van der Waals surface area contributed by atoms with E-state index in [-0.39, 0.29) is 10.6 Å². The maximum atomic E-state index is 11.9. The van der Waals surface area contributed by atoms with Gasteiger partial charge in [0.1, 0.15) is 5.69 Å². The summed E-state index contributed by atoms with van der Waals surface area (Å²) in [7, 11) is 1.55. The minimum absolute atomic E-state index is 0.100. The third-order valence-corrected chi connectivity index (χ3v) is 5.60. The van der Waals surface area contributed by atoms with Crippen LogP contribution in [0.25, 0.3) is 0 Å². The number of likely N-dealkylation sites (N-methyl/N-ethyl adjacent to an activating group) is 1. The van der Waals surface area contributed by atoms with Crippen LogP contribution in [-0.4, -0.2) is 58.5 Å². The molecule has 0 amide bonds. The van der Waals surface area contributed by atoms with Gasteiger partial charge in [0.2, 0.25) is 10.0 Å². The van der Waals surface area contributed by atoms with Gasteiger partial charge in [-0.05, 0) is 46.1 Å². The molecule has 1 aliphatic rings. The molecule has 1 aromatic carbocycles. The smallest absolute Gasteiger partial charge is 0.293 e. The fraction of sp³-hybridized carbons (Fsp3) is 0.571. The van der Waals surface area contributed by atoms with Gasteiger partial charge in [-0.25, -0.2) is 13.1 Å². The Labute approximate surface area is 136 Å². The Hall–Kier alpha value is -1.71. The zero-order valence-corrected chi connectivity index (χ0v) is 14.3. The number of hydrogen-bond donors (Lipinski definition) is 1. The number of nitrogens with one attached hydrogen (secondary N) is 1. The Bertz CT molecular complexity index is 690. The summed E-state index contributed by atoms with van der Waals surface area (Å²) in [5, 5.41) is 11.4. The Morgan fingerprint density at radius 3 is 2.65 bits per heavy atom. The van der Waals surface area contributed by atoms with Gasteiger partial charge in [-0.15, -0.1) is 0 Å². The monoisotopic (exact) mass is 342 g/mol. The quantitative estimate of drug-likeness (QED) is 0.634. The number of piperidine rings is 1. The van der Waals surface area contributed by atoms with E-state index < -0.39 is 14.9 Å². The van der Waals surface area contributed by atoms with Gasteiger partial charge in [-0.1, -0.05) is 0 Å². The van der Waals surface area contributed by atoms with Gasteiger partial charge in [-0.3, -0.25) is 10.1 Å². The van der Waals surface area contributed by atoms with Gasteiger partial charge in [-0.2, -0.15) is 0 Å². The molecule has 0 aromatic heterocycles. The van der Waals surface area contributed by atoms with Crippen LogP contribution in [0.4, 0.5) is 11.4 Å². The summed E-state index contributed by atoms with van der Waals surface area (Å²) in [4.78, 5) is 14.8. The third kappa shape index (κ3) is 3.80. The summed E-state index contributed by atoms with van der Waals surface area (Å²) in [6.45, 7) is 1.41. The first-order valence-electron chi connectivity index (χ1n) is 7.39. The normalized spacial score (nSPS) is 19.1. The SMILES string of the molecule is CNS(=O)(=O)c1ccc(N2CCCC(N(C)C)C2)c([N+](=O)[O-])c1. The molecule has 9 heteroatoms. The van der Waals surface area contributed by atoms with Crippen LogP contribution in [0.3, 0.4) is 0 Å². The molecule has 1 N–H and O–H groups in total. The van der Waals surface area contributed by atoms with Gasteiger partial charge >= 0.3 is 0 Å². The Kier molecular flexibility index (Phi) is 5.23. The summed E-state index contributed by atoms with van der Waals surface area (Å²) < 4.78 is 25.9. The molecule has 1 fully saturated rings. The molecule has 2 rings (SSSR count). The molecule has 0 radical (unpaired) electrons. The van der Waals surface area contributed by atoms with Crippen molar-refractivity contribution in [1.29, 1.82) is 0 Å². The highest BCUT2D eigenvalue weighted by Crippen LogP contribution is 2.33. The van der Waals surface area contributed by atoms with Crippen LogP contribution in [0.5, 0.6) is 0 Å². The molecular formula is C14H22N4O4S. The lowest BCUT2D eigenvalue weighted by Crippen LogP contribution is -2.45. The van der Waals surface area contributed by atoms with Crippen molar-refractivity contribution in [3.63, 3.8) is 0 Å². The number of nitro benzene ring substituents is 1. The Morgan fingerprint density at radius 2 is 2.09 bits per heavy atom. The molecule has 1 heterocycles. The van der Waals surface area contributed by atoms with E-state index >= 15 is 0 Å². The second-order valence-corrected chi connectivity index (χ2v) is 7.71. The second kappa shape index (κ2) is 6.81. The first-order chi connectivity index (χ1) is 10.8. The van der Waals surface area contributed by atoms with E-state index in [2.05, 4.69) is 9.62 Å². The third-order valence-electron chi connectivity index (χ3n) is 4.19. The van der Waals surface area contributed by atoms with E-state index in [1.54, 1.807) is 0 Å². The highest BCUT2D eigenvalue weighted by atomic mass is 32.2. The average molecular weight is 342 g/mol. The second-order valence-electron chi connectivity index (χ2n) is 5.82.